The summed E-state index contributed by atoms with van der Waals surface area (Å²) in [5.41, 5.74) is 1.35. The van der Waals surface area contributed by atoms with Crippen LogP contribution in [0, 0.1) is 0 Å². The molecule has 0 aliphatic rings. The SMILES string of the molecule is CCc1cccc(CC(=O)C(F)(F)F)c1. The molecule has 0 aromatic heterocycles. The molecule has 1 nitrogen and oxygen atoms in total. The first-order valence-corrected chi connectivity index (χ1v) is 4.61. The fraction of sp³-hybridized carbons (Fsp3) is 0.364. The number of benzene rings is 1. The van der Waals surface area contributed by atoms with Crippen molar-refractivity contribution < 1.29 is 18.0 Å². The van der Waals surface area contributed by atoms with Gasteiger partial charge in [-0.3, -0.25) is 4.79 Å². The van der Waals surface area contributed by atoms with Crippen molar-refractivity contribution in [3.05, 3.63) is 35.4 Å². The Hall–Kier alpha value is -1.32. The van der Waals surface area contributed by atoms with Gasteiger partial charge in [0.25, 0.3) is 0 Å². The third-order valence-electron chi connectivity index (χ3n) is 2.08. The molecule has 0 unspecified atom stereocenters. The smallest absolute Gasteiger partial charge is 0.289 e. The quantitative estimate of drug-likeness (QED) is 0.759. The minimum Gasteiger partial charge on any atom is -0.289 e. The standard InChI is InChI=1S/C11H11F3O/c1-2-8-4-3-5-9(6-8)7-10(15)11(12,13)14/h3-6H,2,7H2,1H3. The summed E-state index contributed by atoms with van der Waals surface area (Å²) in [7, 11) is 0. The molecule has 82 valence electrons. The fourth-order valence-corrected chi connectivity index (χ4v) is 1.25. The van der Waals surface area contributed by atoms with Crippen molar-refractivity contribution in [3.63, 3.8) is 0 Å². The monoisotopic (exact) mass is 216 g/mol. The zero-order valence-electron chi connectivity index (χ0n) is 8.27. The average Bonchev–Trinajstić information content (AvgIpc) is 2.16. The van der Waals surface area contributed by atoms with Gasteiger partial charge in [-0.2, -0.15) is 13.2 Å². The molecule has 0 fully saturated rings. The van der Waals surface area contributed by atoms with Gasteiger partial charge in [-0.15, -0.1) is 0 Å². The van der Waals surface area contributed by atoms with Crippen molar-refractivity contribution in [1.82, 2.24) is 0 Å². The Morgan fingerprint density at radius 1 is 1.27 bits per heavy atom. The predicted octanol–water partition coefficient (Wildman–Crippen LogP) is 2.92. The molecule has 1 aromatic rings. The minimum absolute atomic E-state index is 0.414. The number of Topliss-reactive ketones (excluding diaryl/α,β-unsaturated/α-hetero) is 1. The highest BCUT2D eigenvalue weighted by Gasteiger charge is 2.37. The molecule has 1 aromatic carbocycles. The zero-order valence-corrected chi connectivity index (χ0v) is 8.27. The molecule has 0 bridgehead atoms. The minimum atomic E-state index is -4.73. The lowest BCUT2D eigenvalue weighted by Crippen LogP contribution is -2.24. The second-order valence-corrected chi connectivity index (χ2v) is 3.27. The van der Waals surface area contributed by atoms with Gasteiger partial charge in [-0.05, 0) is 17.5 Å². The highest BCUT2D eigenvalue weighted by molar-refractivity contribution is 5.86. The molecular formula is C11H11F3O. The number of carbonyl (C=O) groups excluding carboxylic acids is 1. The molecule has 0 aliphatic heterocycles. The van der Waals surface area contributed by atoms with Gasteiger partial charge in [-0.25, -0.2) is 0 Å². The number of aryl methyl sites for hydroxylation is 1. The third kappa shape index (κ3) is 3.38. The Bertz CT molecular complexity index is 355. The van der Waals surface area contributed by atoms with Crippen LogP contribution in [0.25, 0.3) is 0 Å². The summed E-state index contributed by atoms with van der Waals surface area (Å²) >= 11 is 0. The van der Waals surface area contributed by atoms with E-state index in [9.17, 15) is 18.0 Å². The summed E-state index contributed by atoms with van der Waals surface area (Å²) in [6.45, 7) is 1.91. The largest absolute Gasteiger partial charge is 0.450 e. The van der Waals surface area contributed by atoms with Crippen LogP contribution in [0.3, 0.4) is 0 Å². The van der Waals surface area contributed by atoms with Gasteiger partial charge in [0, 0.05) is 6.42 Å². The van der Waals surface area contributed by atoms with Crippen molar-refractivity contribution in [2.75, 3.05) is 0 Å². The molecule has 0 radical (unpaired) electrons. The van der Waals surface area contributed by atoms with E-state index in [0.717, 1.165) is 12.0 Å². The van der Waals surface area contributed by atoms with E-state index in [1.165, 1.54) is 6.07 Å². The van der Waals surface area contributed by atoms with E-state index in [0.29, 0.717) is 5.56 Å². The number of ketones is 1. The van der Waals surface area contributed by atoms with Gasteiger partial charge in [0.05, 0.1) is 0 Å². The molecule has 0 aliphatic carbocycles. The van der Waals surface area contributed by atoms with Crippen molar-refractivity contribution in [1.29, 1.82) is 0 Å². The number of hydrogen-bond acceptors (Lipinski definition) is 1. The van der Waals surface area contributed by atoms with Gasteiger partial charge in [0.1, 0.15) is 0 Å². The molecular weight excluding hydrogens is 205 g/mol. The van der Waals surface area contributed by atoms with Gasteiger partial charge in [0.2, 0.25) is 5.78 Å². The summed E-state index contributed by atoms with van der Waals surface area (Å²) in [6.07, 6.45) is -4.56. The van der Waals surface area contributed by atoms with Crippen molar-refractivity contribution in [3.8, 4) is 0 Å². The Morgan fingerprint density at radius 2 is 1.87 bits per heavy atom. The van der Waals surface area contributed by atoms with E-state index >= 15 is 0 Å². The second-order valence-electron chi connectivity index (χ2n) is 3.27. The lowest BCUT2D eigenvalue weighted by atomic mass is 10.0. The van der Waals surface area contributed by atoms with Crippen LogP contribution < -0.4 is 0 Å². The van der Waals surface area contributed by atoms with Gasteiger partial charge >= 0.3 is 6.18 Å². The maximum absolute atomic E-state index is 12.0. The van der Waals surface area contributed by atoms with Crippen LogP contribution in [-0.2, 0) is 17.6 Å². The molecule has 1 rings (SSSR count). The Labute approximate surface area is 85.9 Å². The average molecular weight is 216 g/mol. The number of hydrogen-bond donors (Lipinski definition) is 0. The van der Waals surface area contributed by atoms with Crippen molar-refractivity contribution in [2.24, 2.45) is 0 Å². The van der Waals surface area contributed by atoms with Crippen LogP contribution >= 0.6 is 0 Å². The van der Waals surface area contributed by atoms with Crippen molar-refractivity contribution in [2.45, 2.75) is 25.9 Å². The van der Waals surface area contributed by atoms with E-state index < -0.39 is 18.4 Å². The highest BCUT2D eigenvalue weighted by Crippen LogP contribution is 2.19. The second kappa shape index (κ2) is 4.47. The van der Waals surface area contributed by atoms with E-state index in [1.807, 2.05) is 13.0 Å². The summed E-state index contributed by atoms with van der Waals surface area (Å²) in [6, 6.07) is 6.64. The number of rotatable bonds is 3. The van der Waals surface area contributed by atoms with Crippen LogP contribution in [0.15, 0.2) is 24.3 Å². The molecule has 0 heterocycles. The molecule has 0 saturated carbocycles. The molecule has 0 saturated heterocycles. The first-order chi connectivity index (χ1) is 6.93. The first-order valence-electron chi connectivity index (χ1n) is 4.61. The molecule has 0 atom stereocenters. The summed E-state index contributed by atoms with van der Waals surface area (Å²) in [4.78, 5) is 10.7. The van der Waals surface area contributed by atoms with E-state index in [1.54, 1.807) is 12.1 Å². The predicted molar refractivity (Wildman–Crippen MR) is 50.6 cm³/mol. The van der Waals surface area contributed by atoms with Gasteiger partial charge < -0.3 is 0 Å². The molecule has 0 N–H and O–H groups in total. The third-order valence-corrected chi connectivity index (χ3v) is 2.08. The maximum Gasteiger partial charge on any atom is 0.450 e. The normalized spacial score (nSPS) is 11.5. The van der Waals surface area contributed by atoms with Crippen LogP contribution in [0.5, 0.6) is 0 Å². The zero-order chi connectivity index (χ0) is 11.5. The number of carbonyl (C=O) groups is 1. The Kier molecular flexibility index (Phi) is 3.50. The van der Waals surface area contributed by atoms with Gasteiger partial charge in [-0.1, -0.05) is 31.2 Å². The van der Waals surface area contributed by atoms with E-state index in [-0.39, 0.29) is 0 Å². The number of alkyl halides is 3. The van der Waals surface area contributed by atoms with Crippen LogP contribution in [-0.4, -0.2) is 12.0 Å². The fourth-order valence-electron chi connectivity index (χ4n) is 1.25. The van der Waals surface area contributed by atoms with Crippen molar-refractivity contribution >= 4 is 5.78 Å². The summed E-state index contributed by atoms with van der Waals surface area (Å²) < 4.78 is 35.9. The van der Waals surface area contributed by atoms with Gasteiger partial charge in [0.15, 0.2) is 0 Å². The molecule has 15 heavy (non-hydrogen) atoms. The summed E-state index contributed by atoms with van der Waals surface area (Å²) in [5, 5.41) is 0. The lowest BCUT2D eigenvalue weighted by Gasteiger charge is -2.06. The molecule has 0 spiro atoms. The topological polar surface area (TPSA) is 17.1 Å². The van der Waals surface area contributed by atoms with E-state index in [2.05, 4.69) is 0 Å². The first kappa shape index (κ1) is 11.8. The van der Waals surface area contributed by atoms with Crippen LogP contribution in [0.2, 0.25) is 0 Å². The highest BCUT2D eigenvalue weighted by atomic mass is 19.4. The Morgan fingerprint density at radius 3 is 2.40 bits per heavy atom. The Balaban J connectivity index is 2.77. The number of halogens is 3. The van der Waals surface area contributed by atoms with Crippen LogP contribution in [0.4, 0.5) is 13.2 Å². The maximum atomic E-state index is 12.0. The molecule has 0 amide bonds. The molecule has 4 heteroatoms. The van der Waals surface area contributed by atoms with Crippen LogP contribution in [0.1, 0.15) is 18.1 Å². The van der Waals surface area contributed by atoms with E-state index in [4.69, 9.17) is 0 Å². The summed E-state index contributed by atoms with van der Waals surface area (Å²) in [5.74, 6) is -1.70. The lowest BCUT2D eigenvalue weighted by molar-refractivity contribution is -0.170.